The summed E-state index contributed by atoms with van der Waals surface area (Å²) in [6.45, 7) is 8.86. The van der Waals surface area contributed by atoms with Crippen LogP contribution in [0.2, 0.25) is 0 Å². The Balaban J connectivity index is 2.03. The van der Waals surface area contributed by atoms with Gasteiger partial charge in [0, 0.05) is 25.1 Å². The van der Waals surface area contributed by atoms with Crippen molar-refractivity contribution >= 4 is 17.0 Å². The first kappa shape index (κ1) is 16.3. The van der Waals surface area contributed by atoms with Gasteiger partial charge in [-0.3, -0.25) is 14.2 Å². The van der Waals surface area contributed by atoms with Crippen molar-refractivity contribution in [1.29, 1.82) is 0 Å². The molecule has 0 aliphatic carbocycles. The van der Waals surface area contributed by atoms with E-state index in [1.807, 2.05) is 13.8 Å². The summed E-state index contributed by atoms with van der Waals surface area (Å²) >= 11 is 0. The van der Waals surface area contributed by atoms with E-state index in [4.69, 9.17) is 4.42 Å². The quantitative estimate of drug-likeness (QED) is 0.887. The number of aromatic nitrogens is 2. The molecule has 0 saturated heterocycles. The highest BCUT2D eigenvalue weighted by Crippen LogP contribution is 2.18. The molecule has 0 radical (unpaired) electrons. The van der Waals surface area contributed by atoms with Crippen molar-refractivity contribution in [2.45, 2.75) is 47.1 Å². The summed E-state index contributed by atoms with van der Waals surface area (Å²) in [6.07, 6.45) is 2.65. The van der Waals surface area contributed by atoms with Gasteiger partial charge in [0.2, 0.25) is 11.6 Å². The maximum absolute atomic E-state index is 12.4. The summed E-state index contributed by atoms with van der Waals surface area (Å²) < 4.78 is 6.90. The van der Waals surface area contributed by atoms with Crippen LogP contribution in [0.25, 0.3) is 11.1 Å². The standard InChI is InChI=1S/C16H23N3O3/c1-10(2)5-7-17-13(20)6-8-19-9-18-15-14(16(19)21)11(3)12(4)22-15/h9-10H,5-8H2,1-4H3,(H,17,20). The average molecular weight is 305 g/mol. The maximum Gasteiger partial charge on any atom is 0.264 e. The van der Waals surface area contributed by atoms with Crippen molar-refractivity contribution in [2.75, 3.05) is 6.54 Å². The highest BCUT2D eigenvalue weighted by atomic mass is 16.3. The molecule has 0 atom stereocenters. The smallest absolute Gasteiger partial charge is 0.264 e. The molecule has 120 valence electrons. The van der Waals surface area contributed by atoms with Crippen LogP contribution in [-0.4, -0.2) is 22.0 Å². The Hall–Kier alpha value is -2.11. The van der Waals surface area contributed by atoms with Gasteiger partial charge in [-0.2, -0.15) is 0 Å². The highest BCUT2D eigenvalue weighted by molar-refractivity contribution is 5.77. The summed E-state index contributed by atoms with van der Waals surface area (Å²) in [6, 6.07) is 0. The van der Waals surface area contributed by atoms with E-state index in [-0.39, 0.29) is 17.9 Å². The van der Waals surface area contributed by atoms with E-state index >= 15 is 0 Å². The molecule has 0 saturated carbocycles. The molecular weight excluding hydrogens is 282 g/mol. The zero-order valence-corrected chi connectivity index (χ0v) is 13.6. The number of carbonyl (C=O) groups is 1. The van der Waals surface area contributed by atoms with E-state index in [1.54, 1.807) is 0 Å². The van der Waals surface area contributed by atoms with Crippen LogP contribution >= 0.6 is 0 Å². The summed E-state index contributed by atoms with van der Waals surface area (Å²) in [7, 11) is 0. The van der Waals surface area contributed by atoms with Gasteiger partial charge in [0.25, 0.3) is 5.56 Å². The van der Waals surface area contributed by atoms with Gasteiger partial charge in [-0.1, -0.05) is 13.8 Å². The van der Waals surface area contributed by atoms with Crippen molar-refractivity contribution in [3.63, 3.8) is 0 Å². The molecule has 2 heterocycles. The molecule has 0 unspecified atom stereocenters. The van der Waals surface area contributed by atoms with E-state index in [2.05, 4.69) is 24.1 Å². The van der Waals surface area contributed by atoms with Crippen LogP contribution in [0.5, 0.6) is 0 Å². The third-order valence-electron chi connectivity index (χ3n) is 3.78. The number of hydrogen-bond acceptors (Lipinski definition) is 4. The zero-order chi connectivity index (χ0) is 16.3. The van der Waals surface area contributed by atoms with E-state index in [0.717, 1.165) is 12.0 Å². The van der Waals surface area contributed by atoms with Gasteiger partial charge >= 0.3 is 0 Å². The minimum Gasteiger partial charge on any atom is -0.443 e. The summed E-state index contributed by atoms with van der Waals surface area (Å²) in [5.74, 6) is 1.21. The van der Waals surface area contributed by atoms with Crippen LogP contribution in [0.15, 0.2) is 15.5 Å². The lowest BCUT2D eigenvalue weighted by molar-refractivity contribution is -0.121. The van der Waals surface area contributed by atoms with Gasteiger partial charge < -0.3 is 9.73 Å². The molecule has 0 fully saturated rings. The molecule has 1 N–H and O–H groups in total. The first-order chi connectivity index (χ1) is 10.4. The van der Waals surface area contributed by atoms with Crippen molar-refractivity contribution < 1.29 is 9.21 Å². The number of amides is 1. The Morgan fingerprint density at radius 1 is 1.41 bits per heavy atom. The second-order valence-corrected chi connectivity index (χ2v) is 5.99. The van der Waals surface area contributed by atoms with Crippen LogP contribution < -0.4 is 10.9 Å². The first-order valence-corrected chi connectivity index (χ1v) is 7.62. The van der Waals surface area contributed by atoms with Crippen molar-refractivity contribution in [3.05, 3.63) is 28.0 Å². The lowest BCUT2D eigenvalue weighted by Gasteiger charge is -2.08. The van der Waals surface area contributed by atoms with Crippen molar-refractivity contribution in [2.24, 2.45) is 5.92 Å². The van der Waals surface area contributed by atoms with Gasteiger partial charge in [0.05, 0.1) is 0 Å². The summed E-state index contributed by atoms with van der Waals surface area (Å²) in [5, 5.41) is 3.36. The minimum atomic E-state index is -0.158. The van der Waals surface area contributed by atoms with Crippen LogP contribution in [0.1, 0.15) is 38.0 Å². The minimum absolute atomic E-state index is 0.0484. The Bertz CT molecular complexity index is 728. The fourth-order valence-electron chi connectivity index (χ4n) is 2.24. The van der Waals surface area contributed by atoms with Gasteiger partial charge in [-0.05, 0) is 26.2 Å². The molecule has 0 spiro atoms. The molecule has 0 aromatic carbocycles. The second-order valence-electron chi connectivity index (χ2n) is 5.99. The number of carbonyl (C=O) groups excluding carboxylic acids is 1. The van der Waals surface area contributed by atoms with E-state index in [1.165, 1.54) is 10.9 Å². The lowest BCUT2D eigenvalue weighted by Crippen LogP contribution is -2.28. The third-order valence-corrected chi connectivity index (χ3v) is 3.78. The predicted molar refractivity (Wildman–Crippen MR) is 84.8 cm³/mol. The predicted octanol–water partition coefficient (Wildman–Crippen LogP) is 2.16. The van der Waals surface area contributed by atoms with Crippen LogP contribution in [0, 0.1) is 19.8 Å². The molecule has 1 amide bonds. The van der Waals surface area contributed by atoms with Gasteiger partial charge in [0.1, 0.15) is 17.5 Å². The number of fused-ring (bicyclic) bond motifs is 1. The molecule has 2 aromatic heterocycles. The number of furan rings is 1. The largest absolute Gasteiger partial charge is 0.443 e. The van der Waals surface area contributed by atoms with Crippen molar-refractivity contribution in [3.8, 4) is 0 Å². The van der Waals surface area contributed by atoms with Crippen LogP contribution in [-0.2, 0) is 11.3 Å². The number of aryl methyl sites for hydroxylation is 3. The maximum atomic E-state index is 12.4. The normalized spacial score (nSPS) is 11.3. The molecule has 22 heavy (non-hydrogen) atoms. The summed E-state index contributed by atoms with van der Waals surface area (Å²) in [4.78, 5) is 28.3. The molecular formula is C16H23N3O3. The number of nitrogens with one attached hydrogen (secondary N) is 1. The molecule has 2 rings (SSSR count). The lowest BCUT2D eigenvalue weighted by atomic mass is 10.1. The molecule has 6 heteroatoms. The van der Waals surface area contributed by atoms with Gasteiger partial charge in [-0.15, -0.1) is 0 Å². The third kappa shape index (κ3) is 3.55. The SMILES string of the molecule is Cc1oc2ncn(CCC(=O)NCCC(C)C)c(=O)c2c1C. The number of rotatable bonds is 6. The zero-order valence-electron chi connectivity index (χ0n) is 13.6. The fourth-order valence-corrected chi connectivity index (χ4v) is 2.24. The Labute approximate surface area is 129 Å². The van der Waals surface area contributed by atoms with E-state index < -0.39 is 0 Å². The molecule has 0 aliphatic heterocycles. The first-order valence-electron chi connectivity index (χ1n) is 7.62. The Morgan fingerprint density at radius 2 is 2.14 bits per heavy atom. The number of hydrogen-bond donors (Lipinski definition) is 1. The number of nitrogens with zero attached hydrogens (tertiary/aromatic N) is 2. The van der Waals surface area contributed by atoms with E-state index in [9.17, 15) is 9.59 Å². The fraction of sp³-hybridized carbons (Fsp3) is 0.562. The molecule has 0 bridgehead atoms. The average Bonchev–Trinajstić information content (AvgIpc) is 2.74. The van der Waals surface area contributed by atoms with Crippen LogP contribution in [0.4, 0.5) is 0 Å². The van der Waals surface area contributed by atoms with Crippen LogP contribution in [0.3, 0.4) is 0 Å². The van der Waals surface area contributed by atoms with E-state index in [0.29, 0.717) is 35.9 Å². The Kier molecular flexibility index (Phi) is 5.00. The van der Waals surface area contributed by atoms with Crippen molar-refractivity contribution in [1.82, 2.24) is 14.9 Å². The monoisotopic (exact) mass is 305 g/mol. The second kappa shape index (κ2) is 6.77. The van der Waals surface area contributed by atoms with Gasteiger partial charge in [-0.25, -0.2) is 4.98 Å². The topological polar surface area (TPSA) is 77.1 Å². The molecule has 6 nitrogen and oxygen atoms in total. The summed E-state index contributed by atoms with van der Waals surface area (Å²) in [5.41, 5.74) is 1.01. The Morgan fingerprint density at radius 3 is 2.82 bits per heavy atom. The highest BCUT2D eigenvalue weighted by Gasteiger charge is 2.14. The molecule has 0 aliphatic rings. The molecule has 2 aromatic rings. The van der Waals surface area contributed by atoms with Gasteiger partial charge in [0.15, 0.2) is 0 Å².